The van der Waals surface area contributed by atoms with Crippen LogP contribution in [0, 0.1) is 11.3 Å². The molecule has 0 aliphatic carbocycles. The summed E-state index contributed by atoms with van der Waals surface area (Å²) in [7, 11) is 4.06. The molecule has 0 spiro atoms. The van der Waals surface area contributed by atoms with Gasteiger partial charge in [-0.25, -0.2) is 0 Å². The van der Waals surface area contributed by atoms with Gasteiger partial charge in [0.1, 0.15) is 5.54 Å². The number of nitrogens with one attached hydrogen (secondary N) is 1. The minimum Gasteiger partial charge on any atom is -0.305 e. The summed E-state index contributed by atoms with van der Waals surface area (Å²) >= 11 is 0. The van der Waals surface area contributed by atoms with Gasteiger partial charge in [0, 0.05) is 13.1 Å². The third-order valence-electron chi connectivity index (χ3n) is 3.76. The number of likely N-dealkylation sites (N-methyl/N-ethyl adjacent to an activating group) is 1. The van der Waals surface area contributed by atoms with Crippen molar-refractivity contribution in [3.8, 4) is 6.07 Å². The summed E-state index contributed by atoms with van der Waals surface area (Å²) in [6, 6.07) is 2.35. The Morgan fingerprint density at radius 3 is 2.71 bits per heavy atom. The number of rotatable bonds is 5. The van der Waals surface area contributed by atoms with E-state index in [4.69, 9.17) is 5.26 Å². The first-order chi connectivity index (χ1) is 8.09. The van der Waals surface area contributed by atoms with Crippen molar-refractivity contribution in [3.05, 3.63) is 0 Å². The molecule has 0 amide bonds. The van der Waals surface area contributed by atoms with Crippen LogP contribution in [0.5, 0.6) is 0 Å². The van der Waals surface area contributed by atoms with Gasteiger partial charge in [-0.2, -0.15) is 5.26 Å². The van der Waals surface area contributed by atoms with Gasteiger partial charge in [0.25, 0.3) is 0 Å². The highest BCUT2D eigenvalue weighted by Crippen LogP contribution is 2.11. The van der Waals surface area contributed by atoms with Crippen molar-refractivity contribution in [1.29, 1.82) is 5.26 Å². The average Bonchev–Trinajstić information content (AvgIpc) is 2.54. The average molecular weight is 238 g/mol. The normalized spacial score (nSPS) is 22.7. The fraction of sp³-hybridized carbons (Fsp3) is 0.923. The van der Waals surface area contributed by atoms with E-state index in [0.717, 1.165) is 19.4 Å². The van der Waals surface area contributed by atoms with Crippen molar-refractivity contribution in [2.75, 3.05) is 46.8 Å². The minimum atomic E-state index is -0.358. The van der Waals surface area contributed by atoms with Crippen LogP contribution in [0.25, 0.3) is 0 Å². The molecule has 1 fully saturated rings. The highest BCUT2D eigenvalue weighted by molar-refractivity contribution is 5.02. The van der Waals surface area contributed by atoms with Gasteiger partial charge in [-0.05, 0) is 59.9 Å². The van der Waals surface area contributed by atoms with Crippen LogP contribution in [0.4, 0.5) is 0 Å². The van der Waals surface area contributed by atoms with Crippen LogP contribution in [0.1, 0.15) is 26.2 Å². The molecule has 0 bridgehead atoms. The molecule has 1 atom stereocenters. The molecule has 1 saturated heterocycles. The molecule has 1 unspecified atom stereocenters. The molecule has 4 heteroatoms. The van der Waals surface area contributed by atoms with Gasteiger partial charge in [0.2, 0.25) is 0 Å². The van der Waals surface area contributed by atoms with Crippen LogP contribution in [-0.4, -0.2) is 62.2 Å². The Morgan fingerprint density at radius 1 is 1.29 bits per heavy atom. The van der Waals surface area contributed by atoms with Crippen LogP contribution < -0.4 is 5.32 Å². The maximum Gasteiger partial charge on any atom is 0.103 e. The number of nitriles is 1. The lowest BCUT2D eigenvalue weighted by Crippen LogP contribution is -2.39. The highest BCUT2D eigenvalue weighted by Gasteiger charge is 2.21. The van der Waals surface area contributed by atoms with Crippen molar-refractivity contribution in [2.24, 2.45) is 0 Å². The standard InChI is InChI=1S/C13H26N4/c1-13(12-14,15-2)6-4-8-17-9-5-7-16(3)10-11-17/h15H,4-11H2,1-3H3. The van der Waals surface area contributed by atoms with E-state index in [0.29, 0.717) is 0 Å². The molecule has 17 heavy (non-hydrogen) atoms. The van der Waals surface area contributed by atoms with E-state index in [1.54, 1.807) is 0 Å². The Labute approximate surface area is 106 Å². The lowest BCUT2D eigenvalue weighted by molar-refractivity contribution is 0.262. The van der Waals surface area contributed by atoms with Crippen molar-refractivity contribution in [3.63, 3.8) is 0 Å². The SMILES string of the molecule is CNC(C)(C#N)CCCN1CCCN(C)CC1. The van der Waals surface area contributed by atoms with Crippen LogP contribution in [0.2, 0.25) is 0 Å². The summed E-state index contributed by atoms with van der Waals surface area (Å²) in [4.78, 5) is 4.92. The van der Waals surface area contributed by atoms with Gasteiger partial charge in [-0.1, -0.05) is 0 Å². The third-order valence-corrected chi connectivity index (χ3v) is 3.76. The second-order valence-electron chi connectivity index (χ2n) is 5.30. The van der Waals surface area contributed by atoms with Gasteiger partial charge in [-0.3, -0.25) is 0 Å². The first kappa shape index (κ1) is 14.4. The fourth-order valence-electron chi connectivity index (χ4n) is 2.22. The molecular formula is C13H26N4. The van der Waals surface area contributed by atoms with Crippen molar-refractivity contribution in [2.45, 2.75) is 31.7 Å². The second-order valence-corrected chi connectivity index (χ2v) is 5.30. The smallest absolute Gasteiger partial charge is 0.103 e. The first-order valence-corrected chi connectivity index (χ1v) is 6.61. The third kappa shape index (κ3) is 5.03. The molecule has 4 nitrogen and oxygen atoms in total. The van der Waals surface area contributed by atoms with Crippen molar-refractivity contribution in [1.82, 2.24) is 15.1 Å². The predicted molar refractivity (Wildman–Crippen MR) is 70.9 cm³/mol. The van der Waals surface area contributed by atoms with Crippen molar-refractivity contribution >= 4 is 0 Å². The molecule has 0 aromatic rings. The van der Waals surface area contributed by atoms with Crippen LogP contribution in [0.3, 0.4) is 0 Å². The molecule has 0 saturated carbocycles. The topological polar surface area (TPSA) is 42.3 Å². The molecular weight excluding hydrogens is 212 g/mol. The molecule has 98 valence electrons. The van der Waals surface area contributed by atoms with E-state index in [9.17, 15) is 0 Å². The van der Waals surface area contributed by atoms with E-state index in [1.807, 2.05) is 14.0 Å². The van der Waals surface area contributed by atoms with Gasteiger partial charge in [0.05, 0.1) is 6.07 Å². The Kier molecular flexibility index (Phi) is 5.90. The van der Waals surface area contributed by atoms with E-state index in [2.05, 4.69) is 28.2 Å². The van der Waals surface area contributed by atoms with Crippen LogP contribution >= 0.6 is 0 Å². The summed E-state index contributed by atoms with van der Waals surface area (Å²) in [6.45, 7) is 7.84. The van der Waals surface area contributed by atoms with E-state index in [1.165, 1.54) is 32.6 Å². The summed E-state index contributed by atoms with van der Waals surface area (Å²) in [6.07, 6.45) is 3.28. The first-order valence-electron chi connectivity index (χ1n) is 6.61. The summed E-state index contributed by atoms with van der Waals surface area (Å²) < 4.78 is 0. The summed E-state index contributed by atoms with van der Waals surface area (Å²) in [5.41, 5.74) is -0.358. The van der Waals surface area contributed by atoms with Crippen LogP contribution in [-0.2, 0) is 0 Å². The van der Waals surface area contributed by atoms with E-state index >= 15 is 0 Å². The number of hydrogen-bond acceptors (Lipinski definition) is 4. The zero-order valence-electron chi connectivity index (χ0n) is 11.5. The maximum atomic E-state index is 9.07. The molecule has 0 aromatic heterocycles. The molecule has 1 rings (SSSR count). The molecule has 1 aliphatic rings. The Hall–Kier alpha value is -0.630. The quantitative estimate of drug-likeness (QED) is 0.773. The largest absolute Gasteiger partial charge is 0.305 e. The Bertz CT molecular complexity index is 261. The summed E-state index contributed by atoms with van der Waals surface area (Å²) in [5, 5.41) is 12.2. The monoisotopic (exact) mass is 238 g/mol. The van der Waals surface area contributed by atoms with Crippen molar-refractivity contribution < 1.29 is 0 Å². The zero-order valence-corrected chi connectivity index (χ0v) is 11.5. The van der Waals surface area contributed by atoms with Gasteiger partial charge < -0.3 is 15.1 Å². The second kappa shape index (κ2) is 6.95. The molecule has 0 radical (unpaired) electrons. The Morgan fingerprint density at radius 2 is 2.06 bits per heavy atom. The molecule has 1 heterocycles. The lowest BCUT2D eigenvalue weighted by atomic mass is 9.98. The van der Waals surface area contributed by atoms with E-state index in [-0.39, 0.29) is 5.54 Å². The molecule has 0 aromatic carbocycles. The van der Waals surface area contributed by atoms with Gasteiger partial charge >= 0.3 is 0 Å². The number of nitrogens with zero attached hydrogens (tertiary/aromatic N) is 3. The predicted octanol–water partition coefficient (Wildman–Crippen LogP) is 0.906. The molecule has 1 N–H and O–H groups in total. The Balaban J connectivity index is 2.24. The maximum absolute atomic E-state index is 9.07. The zero-order chi connectivity index (χ0) is 12.7. The van der Waals surface area contributed by atoms with E-state index < -0.39 is 0 Å². The van der Waals surface area contributed by atoms with Gasteiger partial charge in [0.15, 0.2) is 0 Å². The highest BCUT2D eigenvalue weighted by atomic mass is 15.2. The molecule has 1 aliphatic heterocycles. The number of hydrogen-bond donors (Lipinski definition) is 1. The fourth-order valence-corrected chi connectivity index (χ4v) is 2.22. The minimum absolute atomic E-state index is 0.358. The van der Waals surface area contributed by atoms with Gasteiger partial charge in [-0.15, -0.1) is 0 Å². The van der Waals surface area contributed by atoms with Crippen LogP contribution in [0.15, 0.2) is 0 Å². The lowest BCUT2D eigenvalue weighted by Gasteiger charge is -2.24. The summed E-state index contributed by atoms with van der Waals surface area (Å²) in [5.74, 6) is 0.